The van der Waals surface area contributed by atoms with E-state index in [2.05, 4.69) is 27.9 Å². The van der Waals surface area contributed by atoms with Gasteiger partial charge in [0.15, 0.2) is 5.11 Å². The first kappa shape index (κ1) is 18.8. The number of ether oxygens (including phenoxy) is 1. The van der Waals surface area contributed by atoms with Crippen LogP contribution in [-0.4, -0.2) is 24.0 Å². The SMILES string of the molecule is COc1ccc(C=C2C(=O)NC(=S)N(c3ccc(Cl)cc3)C2=O)cc1I. The topological polar surface area (TPSA) is 58.6 Å². The second-order valence-electron chi connectivity index (χ2n) is 5.33. The molecule has 0 atom stereocenters. The Morgan fingerprint density at radius 2 is 1.88 bits per heavy atom. The number of nitrogens with one attached hydrogen (secondary N) is 1. The highest BCUT2D eigenvalue weighted by atomic mass is 127. The molecule has 1 heterocycles. The van der Waals surface area contributed by atoms with Crippen LogP contribution in [-0.2, 0) is 9.59 Å². The quantitative estimate of drug-likeness (QED) is 0.303. The number of thiocarbonyl (C=S) groups is 1. The van der Waals surface area contributed by atoms with Crippen molar-refractivity contribution in [1.82, 2.24) is 5.32 Å². The maximum atomic E-state index is 12.9. The lowest BCUT2D eigenvalue weighted by Gasteiger charge is -2.29. The number of benzene rings is 2. The zero-order valence-electron chi connectivity index (χ0n) is 13.5. The number of carbonyl (C=O) groups excluding carboxylic acids is 2. The van der Waals surface area contributed by atoms with Crippen molar-refractivity contribution in [1.29, 1.82) is 0 Å². The molecule has 0 saturated carbocycles. The molecule has 5 nitrogen and oxygen atoms in total. The Balaban J connectivity index is 1.99. The van der Waals surface area contributed by atoms with E-state index >= 15 is 0 Å². The molecule has 2 aromatic carbocycles. The highest BCUT2D eigenvalue weighted by molar-refractivity contribution is 14.1. The molecule has 26 heavy (non-hydrogen) atoms. The second-order valence-corrected chi connectivity index (χ2v) is 7.31. The number of carbonyl (C=O) groups is 2. The first-order chi connectivity index (χ1) is 12.4. The Morgan fingerprint density at radius 1 is 1.19 bits per heavy atom. The van der Waals surface area contributed by atoms with Gasteiger partial charge in [-0.15, -0.1) is 0 Å². The molecule has 0 aliphatic carbocycles. The van der Waals surface area contributed by atoms with Gasteiger partial charge in [0.1, 0.15) is 11.3 Å². The fourth-order valence-corrected chi connectivity index (χ4v) is 3.59. The van der Waals surface area contributed by atoms with Gasteiger partial charge in [-0.05, 0) is 82.8 Å². The molecule has 3 rings (SSSR count). The first-order valence-corrected chi connectivity index (χ1v) is 9.28. The number of halogens is 2. The predicted octanol–water partition coefficient (Wildman–Crippen LogP) is 3.78. The molecule has 1 aliphatic heterocycles. The van der Waals surface area contributed by atoms with E-state index in [9.17, 15) is 9.59 Å². The summed E-state index contributed by atoms with van der Waals surface area (Å²) < 4.78 is 6.09. The smallest absolute Gasteiger partial charge is 0.270 e. The van der Waals surface area contributed by atoms with Crippen LogP contribution in [0.2, 0.25) is 5.02 Å². The van der Waals surface area contributed by atoms with Crippen LogP contribution in [0.25, 0.3) is 6.08 Å². The summed E-state index contributed by atoms with van der Waals surface area (Å²) in [6.45, 7) is 0. The van der Waals surface area contributed by atoms with Crippen molar-refractivity contribution in [3.05, 3.63) is 62.2 Å². The molecular formula is C18H12ClIN2O3S. The van der Waals surface area contributed by atoms with Crippen LogP contribution in [0.15, 0.2) is 48.0 Å². The van der Waals surface area contributed by atoms with Gasteiger partial charge in [0, 0.05) is 5.02 Å². The molecule has 0 radical (unpaired) electrons. The van der Waals surface area contributed by atoms with Gasteiger partial charge in [-0.3, -0.25) is 19.8 Å². The highest BCUT2D eigenvalue weighted by Crippen LogP contribution is 2.26. The Bertz CT molecular complexity index is 944. The van der Waals surface area contributed by atoms with Gasteiger partial charge in [0.2, 0.25) is 0 Å². The first-order valence-electron chi connectivity index (χ1n) is 7.41. The summed E-state index contributed by atoms with van der Waals surface area (Å²) in [7, 11) is 1.58. The summed E-state index contributed by atoms with van der Waals surface area (Å²) in [5.41, 5.74) is 1.23. The van der Waals surface area contributed by atoms with Gasteiger partial charge in [0.25, 0.3) is 11.8 Å². The van der Waals surface area contributed by atoms with E-state index in [1.165, 1.54) is 11.0 Å². The number of amides is 2. The van der Waals surface area contributed by atoms with Crippen molar-refractivity contribution in [2.45, 2.75) is 0 Å². The molecule has 0 aromatic heterocycles. The molecule has 0 spiro atoms. The maximum Gasteiger partial charge on any atom is 0.270 e. The number of anilines is 1. The number of rotatable bonds is 3. The maximum absolute atomic E-state index is 12.9. The van der Waals surface area contributed by atoms with Crippen molar-refractivity contribution in [2.24, 2.45) is 0 Å². The second kappa shape index (κ2) is 7.73. The molecule has 2 aromatic rings. The minimum atomic E-state index is -0.531. The number of hydrogen-bond donors (Lipinski definition) is 1. The average molecular weight is 499 g/mol. The minimum absolute atomic E-state index is 0.00508. The molecular weight excluding hydrogens is 487 g/mol. The van der Waals surface area contributed by atoms with Crippen LogP contribution in [0.3, 0.4) is 0 Å². The van der Waals surface area contributed by atoms with Crippen LogP contribution >= 0.6 is 46.4 Å². The van der Waals surface area contributed by atoms with E-state index < -0.39 is 11.8 Å². The summed E-state index contributed by atoms with van der Waals surface area (Å²) in [5.74, 6) is -0.306. The zero-order valence-corrected chi connectivity index (χ0v) is 17.2. The van der Waals surface area contributed by atoms with Crippen LogP contribution in [0.5, 0.6) is 5.75 Å². The lowest BCUT2D eigenvalue weighted by Crippen LogP contribution is -2.54. The third-order valence-corrected chi connectivity index (χ3v) is 5.05. The summed E-state index contributed by atoms with van der Waals surface area (Å²) in [4.78, 5) is 26.5. The predicted molar refractivity (Wildman–Crippen MR) is 113 cm³/mol. The number of methoxy groups -OCH3 is 1. The third-order valence-electron chi connectivity index (χ3n) is 3.67. The van der Waals surface area contributed by atoms with Gasteiger partial charge in [-0.2, -0.15) is 0 Å². The van der Waals surface area contributed by atoms with Crippen molar-refractivity contribution in [3.63, 3.8) is 0 Å². The number of hydrogen-bond acceptors (Lipinski definition) is 4. The zero-order chi connectivity index (χ0) is 18.8. The van der Waals surface area contributed by atoms with Gasteiger partial charge in [0.05, 0.1) is 16.4 Å². The van der Waals surface area contributed by atoms with E-state index in [0.29, 0.717) is 16.3 Å². The fourth-order valence-electron chi connectivity index (χ4n) is 2.42. The molecule has 1 aliphatic rings. The Labute approximate surface area is 174 Å². The van der Waals surface area contributed by atoms with Gasteiger partial charge in [-0.1, -0.05) is 17.7 Å². The normalized spacial score (nSPS) is 16.0. The summed E-state index contributed by atoms with van der Waals surface area (Å²) >= 11 is 13.2. The lowest BCUT2D eigenvalue weighted by molar-refractivity contribution is -0.122. The summed E-state index contributed by atoms with van der Waals surface area (Å²) in [6.07, 6.45) is 1.53. The molecule has 1 N–H and O–H groups in total. The van der Waals surface area contributed by atoms with Gasteiger partial charge >= 0.3 is 0 Å². The van der Waals surface area contributed by atoms with Crippen molar-refractivity contribution in [3.8, 4) is 5.75 Å². The Hall–Kier alpha value is -1.97. The van der Waals surface area contributed by atoms with E-state index in [0.717, 1.165) is 9.32 Å². The molecule has 1 fully saturated rings. The van der Waals surface area contributed by atoms with Crippen molar-refractivity contribution in [2.75, 3.05) is 12.0 Å². The van der Waals surface area contributed by atoms with Crippen LogP contribution in [0.1, 0.15) is 5.56 Å². The van der Waals surface area contributed by atoms with E-state index in [1.807, 2.05) is 6.07 Å². The van der Waals surface area contributed by atoms with Crippen molar-refractivity contribution >= 4 is 75.1 Å². The highest BCUT2D eigenvalue weighted by Gasteiger charge is 2.34. The van der Waals surface area contributed by atoms with Gasteiger partial charge in [-0.25, -0.2) is 0 Å². The van der Waals surface area contributed by atoms with Crippen LogP contribution in [0.4, 0.5) is 5.69 Å². The van der Waals surface area contributed by atoms with E-state index in [1.54, 1.807) is 43.5 Å². The fraction of sp³-hybridized carbons (Fsp3) is 0.0556. The molecule has 0 unspecified atom stereocenters. The molecule has 8 heteroatoms. The Kier molecular flexibility index (Phi) is 5.59. The molecule has 0 bridgehead atoms. The van der Waals surface area contributed by atoms with Crippen LogP contribution < -0.4 is 15.0 Å². The molecule has 1 saturated heterocycles. The largest absolute Gasteiger partial charge is 0.496 e. The summed E-state index contributed by atoms with van der Waals surface area (Å²) in [5, 5.41) is 3.12. The monoisotopic (exact) mass is 498 g/mol. The Morgan fingerprint density at radius 3 is 2.50 bits per heavy atom. The summed E-state index contributed by atoms with van der Waals surface area (Å²) in [6, 6.07) is 12.0. The van der Waals surface area contributed by atoms with E-state index in [-0.39, 0.29) is 10.7 Å². The third kappa shape index (κ3) is 3.74. The molecule has 132 valence electrons. The number of nitrogens with zero attached hydrogens (tertiary/aromatic N) is 1. The van der Waals surface area contributed by atoms with Gasteiger partial charge < -0.3 is 4.74 Å². The standard InChI is InChI=1S/C18H12ClIN2O3S/c1-25-15-7-2-10(9-14(15)20)8-13-16(23)21-18(26)22(17(13)24)12-5-3-11(19)4-6-12/h2-9H,1H3,(H,21,23,26). The van der Waals surface area contributed by atoms with Crippen LogP contribution in [0, 0.1) is 3.57 Å². The average Bonchev–Trinajstić information content (AvgIpc) is 2.60. The van der Waals surface area contributed by atoms with E-state index in [4.69, 9.17) is 28.6 Å². The van der Waals surface area contributed by atoms with Crippen molar-refractivity contribution < 1.29 is 14.3 Å². The minimum Gasteiger partial charge on any atom is -0.496 e. The lowest BCUT2D eigenvalue weighted by atomic mass is 10.1. The molecule has 2 amide bonds.